The fourth-order valence-corrected chi connectivity index (χ4v) is 0.821. The summed E-state index contributed by atoms with van der Waals surface area (Å²) in [7, 11) is 0. The highest BCUT2D eigenvalue weighted by molar-refractivity contribution is 5.48. The van der Waals surface area contributed by atoms with Crippen LogP contribution in [0.2, 0.25) is 0 Å². The van der Waals surface area contributed by atoms with Crippen LogP contribution >= 0.6 is 0 Å². The first-order valence-corrected chi connectivity index (χ1v) is 4.17. The summed E-state index contributed by atoms with van der Waals surface area (Å²) in [4.78, 5) is 3.96. The standard InChI is InChI=1S/C11H15N/c1-11(2,3)7-4-10-5-8-12-9-6-10/h4-9H,1-3H3/b7-4+. The number of pyridine rings is 1. The molecule has 0 aromatic carbocycles. The first-order valence-electron chi connectivity index (χ1n) is 4.17. The van der Waals surface area contributed by atoms with E-state index in [0.717, 1.165) is 0 Å². The van der Waals surface area contributed by atoms with Gasteiger partial charge in [-0.05, 0) is 23.1 Å². The van der Waals surface area contributed by atoms with E-state index in [1.165, 1.54) is 5.56 Å². The molecule has 0 bridgehead atoms. The van der Waals surface area contributed by atoms with Gasteiger partial charge in [0.2, 0.25) is 0 Å². The Kier molecular flexibility index (Phi) is 2.64. The molecule has 64 valence electrons. The molecule has 0 fully saturated rings. The van der Waals surface area contributed by atoms with Gasteiger partial charge in [-0.25, -0.2) is 0 Å². The van der Waals surface area contributed by atoms with Crippen molar-refractivity contribution in [2.45, 2.75) is 20.8 Å². The van der Waals surface area contributed by atoms with Crippen LogP contribution in [0.1, 0.15) is 26.3 Å². The SMILES string of the molecule is CC(C)(C)/C=C/c1ccncc1. The Labute approximate surface area is 74.2 Å². The van der Waals surface area contributed by atoms with E-state index >= 15 is 0 Å². The van der Waals surface area contributed by atoms with E-state index in [1.807, 2.05) is 24.5 Å². The van der Waals surface area contributed by atoms with Gasteiger partial charge in [-0.3, -0.25) is 4.98 Å². The number of hydrogen-bond acceptors (Lipinski definition) is 1. The van der Waals surface area contributed by atoms with Crippen LogP contribution in [0.4, 0.5) is 0 Å². The number of aromatic nitrogens is 1. The molecular formula is C11H15N. The minimum Gasteiger partial charge on any atom is -0.265 e. The molecule has 0 aliphatic carbocycles. The lowest BCUT2D eigenvalue weighted by molar-refractivity contribution is 0.547. The van der Waals surface area contributed by atoms with Crippen LogP contribution in [-0.2, 0) is 0 Å². The van der Waals surface area contributed by atoms with E-state index in [2.05, 4.69) is 37.9 Å². The Balaban J connectivity index is 2.71. The molecule has 1 heterocycles. The zero-order valence-electron chi connectivity index (χ0n) is 7.91. The number of rotatable bonds is 1. The van der Waals surface area contributed by atoms with E-state index in [0.29, 0.717) is 0 Å². The normalized spacial score (nSPS) is 12.2. The fraction of sp³-hybridized carbons (Fsp3) is 0.364. The number of hydrogen-bond donors (Lipinski definition) is 0. The molecule has 0 atom stereocenters. The highest BCUT2D eigenvalue weighted by Crippen LogP contribution is 2.16. The summed E-state index contributed by atoms with van der Waals surface area (Å²) >= 11 is 0. The zero-order chi connectivity index (χ0) is 9.03. The van der Waals surface area contributed by atoms with Gasteiger partial charge in [-0.15, -0.1) is 0 Å². The minimum atomic E-state index is 0.253. The predicted octanol–water partition coefficient (Wildman–Crippen LogP) is 3.14. The van der Waals surface area contributed by atoms with E-state index in [1.54, 1.807) is 0 Å². The van der Waals surface area contributed by atoms with Crippen molar-refractivity contribution in [3.8, 4) is 0 Å². The van der Waals surface area contributed by atoms with Crippen molar-refractivity contribution in [1.29, 1.82) is 0 Å². The maximum Gasteiger partial charge on any atom is 0.0273 e. The molecule has 1 aromatic heterocycles. The quantitative estimate of drug-likeness (QED) is 0.616. The van der Waals surface area contributed by atoms with Crippen molar-refractivity contribution in [2.24, 2.45) is 5.41 Å². The van der Waals surface area contributed by atoms with Crippen molar-refractivity contribution < 1.29 is 0 Å². The Hall–Kier alpha value is -1.11. The van der Waals surface area contributed by atoms with E-state index in [4.69, 9.17) is 0 Å². The van der Waals surface area contributed by atoms with Crippen molar-refractivity contribution in [3.05, 3.63) is 36.2 Å². The molecule has 0 spiro atoms. The molecule has 0 aliphatic heterocycles. The summed E-state index contributed by atoms with van der Waals surface area (Å²) in [5, 5.41) is 0. The van der Waals surface area contributed by atoms with Crippen LogP contribution in [-0.4, -0.2) is 4.98 Å². The zero-order valence-corrected chi connectivity index (χ0v) is 7.91. The van der Waals surface area contributed by atoms with Crippen LogP contribution in [0.15, 0.2) is 30.6 Å². The highest BCUT2D eigenvalue weighted by atomic mass is 14.6. The summed E-state index contributed by atoms with van der Waals surface area (Å²) < 4.78 is 0. The molecule has 1 nitrogen and oxygen atoms in total. The first-order chi connectivity index (χ1) is 5.58. The number of allylic oxidation sites excluding steroid dienone is 1. The topological polar surface area (TPSA) is 12.9 Å². The lowest BCUT2D eigenvalue weighted by atomic mass is 9.95. The van der Waals surface area contributed by atoms with Crippen LogP contribution in [0.25, 0.3) is 6.08 Å². The molecule has 0 N–H and O–H groups in total. The lowest BCUT2D eigenvalue weighted by Gasteiger charge is -2.10. The third-order valence-electron chi connectivity index (χ3n) is 1.48. The molecule has 0 aliphatic rings. The minimum absolute atomic E-state index is 0.253. The van der Waals surface area contributed by atoms with Gasteiger partial charge in [-0.2, -0.15) is 0 Å². The van der Waals surface area contributed by atoms with Gasteiger partial charge in [0.25, 0.3) is 0 Å². The summed E-state index contributed by atoms with van der Waals surface area (Å²) in [6.07, 6.45) is 7.94. The van der Waals surface area contributed by atoms with Crippen molar-refractivity contribution >= 4 is 6.08 Å². The van der Waals surface area contributed by atoms with E-state index in [9.17, 15) is 0 Å². The average Bonchev–Trinajstić information content (AvgIpc) is 2.02. The van der Waals surface area contributed by atoms with Crippen LogP contribution in [0.3, 0.4) is 0 Å². The Morgan fingerprint density at radius 1 is 1.17 bits per heavy atom. The van der Waals surface area contributed by atoms with Gasteiger partial charge in [0.15, 0.2) is 0 Å². The largest absolute Gasteiger partial charge is 0.265 e. The maximum absolute atomic E-state index is 3.96. The van der Waals surface area contributed by atoms with Crippen molar-refractivity contribution in [3.63, 3.8) is 0 Å². The predicted molar refractivity (Wildman–Crippen MR) is 52.7 cm³/mol. The lowest BCUT2D eigenvalue weighted by Crippen LogP contribution is -1.97. The molecule has 12 heavy (non-hydrogen) atoms. The molecule has 0 saturated heterocycles. The second kappa shape index (κ2) is 3.53. The second-order valence-electron chi connectivity index (χ2n) is 3.98. The maximum atomic E-state index is 3.96. The smallest absolute Gasteiger partial charge is 0.0273 e. The molecular weight excluding hydrogens is 146 g/mol. The van der Waals surface area contributed by atoms with E-state index in [-0.39, 0.29) is 5.41 Å². The van der Waals surface area contributed by atoms with Gasteiger partial charge in [0.05, 0.1) is 0 Å². The number of nitrogens with zero attached hydrogens (tertiary/aromatic N) is 1. The third kappa shape index (κ3) is 3.33. The van der Waals surface area contributed by atoms with Crippen LogP contribution < -0.4 is 0 Å². The summed E-state index contributed by atoms with van der Waals surface area (Å²) in [5.74, 6) is 0. The van der Waals surface area contributed by atoms with Gasteiger partial charge in [-0.1, -0.05) is 32.9 Å². The van der Waals surface area contributed by atoms with Gasteiger partial charge in [0.1, 0.15) is 0 Å². The molecule has 1 rings (SSSR count). The third-order valence-corrected chi connectivity index (χ3v) is 1.48. The summed E-state index contributed by atoms with van der Waals surface area (Å²) in [5.41, 5.74) is 1.46. The highest BCUT2D eigenvalue weighted by Gasteiger charge is 2.02. The Bertz CT molecular complexity index is 254. The average molecular weight is 161 g/mol. The van der Waals surface area contributed by atoms with Crippen molar-refractivity contribution in [2.75, 3.05) is 0 Å². The fourth-order valence-electron chi connectivity index (χ4n) is 0.821. The van der Waals surface area contributed by atoms with Crippen molar-refractivity contribution in [1.82, 2.24) is 4.98 Å². The summed E-state index contributed by atoms with van der Waals surface area (Å²) in [6.45, 7) is 6.56. The Morgan fingerprint density at radius 2 is 1.75 bits per heavy atom. The van der Waals surface area contributed by atoms with Crippen LogP contribution in [0, 0.1) is 5.41 Å². The molecule has 0 unspecified atom stereocenters. The van der Waals surface area contributed by atoms with Gasteiger partial charge in [0, 0.05) is 12.4 Å². The van der Waals surface area contributed by atoms with Crippen LogP contribution in [0.5, 0.6) is 0 Å². The van der Waals surface area contributed by atoms with E-state index < -0.39 is 0 Å². The summed E-state index contributed by atoms with van der Waals surface area (Å²) in [6, 6.07) is 4.00. The molecule has 1 aromatic rings. The molecule has 0 radical (unpaired) electrons. The molecule has 1 heteroatoms. The second-order valence-corrected chi connectivity index (χ2v) is 3.98. The van der Waals surface area contributed by atoms with Gasteiger partial charge < -0.3 is 0 Å². The monoisotopic (exact) mass is 161 g/mol. The Morgan fingerprint density at radius 3 is 2.25 bits per heavy atom. The first kappa shape index (κ1) is 8.98. The van der Waals surface area contributed by atoms with Gasteiger partial charge >= 0.3 is 0 Å². The molecule has 0 amide bonds. The molecule has 0 saturated carbocycles.